The first-order valence-electron chi connectivity index (χ1n) is 6.70. The number of halogens is 1. The van der Waals surface area contributed by atoms with Crippen LogP contribution in [0.2, 0.25) is 5.02 Å². The molecule has 2 rings (SSSR count). The summed E-state index contributed by atoms with van der Waals surface area (Å²) in [4.78, 5) is 4.27. The normalized spacial score (nSPS) is 12.2. The lowest BCUT2D eigenvalue weighted by Gasteiger charge is -2.19. The van der Waals surface area contributed by atoms with E-state index in [1.165, 1.54) is 0 Å². The standard InChI is InChI=1S/C16H19ClN2O/c1-11(2)20-16-15(8-5-9-18-16)19-12(3)13-6-4-7-14(17)10-13/h4-12,19H,1-3H3. The van der Waals surface area contributed by atoms with Crippen molar-refractivity contribution >= 4 is 17.3 Å². The summed E-state index contributed by atoms with van der Waals surface area (Å²) in [6, 6.07) is 11.8. The van der Waals surface area contributed by atoms with Crippen molar-refractivity contribution in [1.29, 1.82) is 0 Å². The van der Waals surface area contributed by atoms with E-state index in [-0.39, 0.29) is 12.1 Å². The number of nitrogens with zero attached hydrogens (tertiary/aromatic N) is 1. The Hall–Kier alpha value is -1.74. The van der Waals surface area contributed by atoms with Gasteiger partial charge < -0.3 is 10.1 Å². The van der Waals surface area contributed by atoms with Gasteiger partial charge in [0.1, 0.15) is 0 Å². The number of aromatic nitrogens is 1. The highest BCUT2D eigenvalue weighted by Crippen LogP contribution is 2.27. The Kier molecular flexibility index (Phi) is 4.85. The Bertz CT molecular complexity index is 572. The van der Waals surface area contributed by atoms with Gasteiger partial charge in [-0.1, -0.05) is 23.7 Å². The van der Waals surface area contributed by atoms with Gasteiger partial charge in [-0.15, -0.1) is 0 Å². The number of pyridine rings is 1. The van der Waals surface area contributed by atoms with Crippen molar-refractivity contribution < 1.29 is 4.74 Å². The highest BCUT2D eigenvalue weighted by molar-refractivity contribution is 6.30. The summed E-state index contributed by atoms with van der Waals surface area (Å²) in [6.07, 6.45) is 1.82. The van der Waals surface area contributed by atoms with Crippen LogP contribution >= 0.6 is 11.6 Å². The zero-order valence-electron chi connectivity index (χ0n) is 11.9. The molecule has 0 radical (unpaired) electrons. The van der Waals surface area contributed by atoms with Crippen LogP contribution in [0, 0.1) is 0 Å². The summed E-state index contributed by atoms with van der Waals surface area (Å²) in [6.45, 7) is 6.05. The summed E-state index contributed by atoms with van der Waals surface area (Å²) in [7, 11) is 0. The molecule has 106 valence electrons. The summed E-state index contributed by atoms with van der Waals surface area (Å²) in [5.41, 5.74) is 2.01. The summed E-state index contributed by atoms with van der Waals surface area (Å²) < 4.78 is 5.71. The van der Waals surface area contributed by atoms with Crippen LogP contribution in [0.25, 0.3) is 0 Å². The number of anilines is 1. The maximum Gasteiger partial charge on any atom is 0.237 e. The third-order valence-electron chi connectivity index (χ3n) is 2.84. The quantitative estimate of drug-likeness (QED) is 0.867. The molecular weight excluding hydrogens is 272 g/mol. The van der Waals surface area contributed by atoms with E-state index in [1.54, 1.807) is 6.20 Å². The van der Waals surface area contributed by atoms with Crippen molar-refractivity contribution in [1.82, 2.24) is 4.98 Å². The number of benzene rings is 1. The molecule has 1 heterocycles. The highest BCUT2D eigenvalue weighted by Gasteiger charge is 2.11. The minimum atomic E-state index is 0.0897. The van der Waals surface area contributed by atoms with Crippen LogP contribution in [0.5, 0.6) is 5.88 Å². The van der Waals surface area contributed by atoms with Crippen LogP contribution in [0.4, 0.5) is 5.69 Å². The fraction of sp³-hybridized carbons (Fsp3) is 0.312. The Morgan fingerprint density at radius 1 is 1.15 bits per heavy atom. The number of hydrogen-bond acceptors (Lipinski definition) is 3. The van der Waals surface area contributed by atoms with Gasteiger partial charge in [-0.05, 0) is 50.6 Å². The van der Waals surface area contributed by atoms with E-state index in [1.807, 2.05) is 50.2 Å². The van der Waals surface area contributed by atoms with Crippen molar-refractivity contribution in [2.75, 3.05) is 5.32 Å². The fourth-order valence-corrected chi connectivity index (χ4v) is 2.11. The Labute approximate surface area is 124 Å². The van der Waals surface area contributed by atoms with E-state index >= 15 is 0 Å². The molecule has 4 heteroatoms. The molecule has 1 atom stereocenters. The van der Waals surface area contributed by atoms with E-state index in [0.29, 0.717) is 5.88 Å². The van der Waals surface area contributed by atoms with Crippen molar-refractivity contribution in [2.24, 2.45) is 0 Å². The maximum atomic E-state index is 6.03. The van der Waals surface area contributed by atoms with Gasteiger partial charge in [-0.25, -0.2) is 4.98 Å². The van der Waals surface area contributed by atoms with Crippen molar-refractivity contribution in [3.05, 3.63) is 53.2 Å². The number of ether oxygens (including phenoxy) is 1. The van der Waals surface area contributed by atoms with Gasteiger partial charge in [0, 0.05) is 17.3 Å². The predicted molar refractivity (Wildman–Crippen MR) is 83.5 cm³/mol. The van der Waals surface area contributed by atoms with Gasteiger partial charge in [0.25, 0.3) is 0 Å². The van der Waals surface area contributed by atoms with Gasteiger partial charge in [-0.2, -0.15) is 0 Å². The van der Waals surface area contributed by atoms with E-state index in [9.17, 15) is 0 Å². The summed E-state index contributed by atoms with van der Waals surface area (Å²) in [5.74, 6) is 0.622. The van der Waals surface area contributed by atoms with Gasteiger partial charge in [-0.3, -0.25) is 0 Å². The molecule has 0 saturated carbocycles. The van der Waals surface area contributed by atoms with Gasteiger partial charge in [0.05, 0.1) is 11.8 Å². The molecule has 0 spiro atoms. The van der Waals surface area contributed by atoms with Crippen LogP contribution in [-0.4, -0.2) is 11.1 Å². The van der Waals surface area contributed by atoms with Gasteiger partial charge in [0.2, 0.25) is 5.88 Å². The second kappa shape index (κ2) is 6.62. The molecule has 0 aliphatic carbocycles. The largest absolute Gasteiger partial charge is 0.473 e. The lowest BCUT2D eigenvalue weighted by molar-refractivity contribution is 0.234. The van der Waals surface area contributed by atoms with Crippen LogP contribution in [-0.2, 0) is 0 Å². The first-order chi connectivity index (χ1) is 9.56. The fourth-order valence-electron chi connectivity index (χ4n) is 1.91. The Balaban J connectivity index is 2.17. The smallest absolute Gasteiger partial charge is 0.237 e. The van der Waals surface area contributed by atoms with E-state index < -0.39 is 0 Å². The zero-order valence-corrected chi connectivity index (χ0v) is 12.7. The maximum absolute atomic E-state index is 6.03. The Morgan fingerprint density at radius 2 is 1.95 bits per heavy atom. The van der Waals surface area contributed by atoms with Crippen LogP contribution in [0.15, 0.2) is 42.6 Å². The van der Waals surface area contributed by atoms with Gasteiger partial charge >= 0.3 is 0 Å². The second-order valence-corrected chi connectivity index (χ2v) is 5.38. The number of hydrogen-bond donors (Lipinski definition) is 1. The molecule has 3 nitrogen and oxygen atoms in total. The molecular formula is C16H19ClN2O. The molecule has 0 aliphatic heterocycles. The van der Waals surface area contributed by atoms with Crippen LogP contribution in [0.1, 0.15) is 32.4 Å². The monoisotopic (exact) mass is 290 g/mol. The van der Waals surface area contributed by atoms with E-state index in [2.05, 4.69) is 17.2 Å². The topological polar surface area (TPSA) is 34.1 Å². The summed E-state index contributed by atoms with van der Waals surface area (Å²) >= 11 is 6.03. The predicted octanol–water partition coefficient (Wildman–Crippen LogP) is 4.70. The molecule has 1 N–H and O–H groups in total. The van der Waals surface area contributed by atoms with Crippen LogP contribution < -0.4 is 10.1 Å². The second-order valence-electron chi connectivity index (χ2n) is 4.94. The Morgan fingerprint density at radius 3 is 2.65 bits per heavy atom. The van der Waals surface area contributed by atoms with Crippen molar-refractivity contribution in [3.8, 4) is 5.88 Å². The minimum absolute atomic E-state index is 0.0897. The molecule has 1 aromatic carbocycles. The molecule has 1 unspecified atom stereocenters. The SMILES string of the molecule is CC(C)Oc1ncccc1NC(C)c1cccc(Cl)c1. The molecule has 0 saturated heterocycles. The van der Waals surface area contributed by atoms with Crippen molar-refractivity contribution in [3.63, 3.8) is 0 Å². The lowest BCUT2D eigenvalue weighted by Crippen LogP contribution is -2.12. The third-order valence-corrected chi connectivity index (χ3v) is 3.07. The average molecular weight is 291 g/mol. The average Bonchev–Trinajstić information content (AvgIpc) is 2.40. The number of nitrogens with one attached hydrogen (secondary N) is 1. The molecule has 1 aromatic heterocycles. The molecule has 0 fully saturated rings. The molecule has 0 aliphatic rings. The van der Waals surface area contributed by atoms with E-state index in [0.717, 1.165) is 16.3 Å². The molecule has 0 amide bonds. The van der Waals surface area contributed by atoms with Gasteiger partial charge in [0.15, 0.2) is 0 Å². The molecule has 0 bridgehead atoms. The minimum Gasteiger partial charge on any atom is -0.473 e. The zero-order chi connectivity index (χ0) is 14.5. The summed E-state index contributed by atoms with van der Waals surface area (Å²) in [5, 5.41) is 4.15. The van der Waals surface area contributed by atoms with Crippen molar-refractivity contribution in [2.45, 2.75) is 32.9 Å². The van der Waals surface area contributed by atoms with E-state index in [4.69, 9.17) is 16.3 Å². The lowest BCUT2D eigenvalue weighted by atomic mass is 10.1. The molecule has 2 aromatic rings. The first-order valence-corrected chi connectivity index (χ1v) is 7.07. The first kappa shape index (κ1) is 14.7. The third kappa shape index (κ3) is 3.87. The van der Waals surface area contributed by atoms with Crippen LogP contribution in [0.3, 0.4) is 0 Å². The highest BCUT2D eigenvalue weighted by atomic mass is 35.5. The number of rotatable bonds is 5. The molecule has 20 heavy (non-hydrogen) atoms.